The Morgan fingerprint density at radius 3 is 2.81 bits per heavy atom. The largest absolute Gasteiger partial charge is 0.378 e. The molecule has 2 N–H and O–H groups in total. The molecule has 4 nitrogen and oxygen atoms in total. The van der Waals surface area contributed by atoms with E-state index in [1.54, 1.807) is 0 Å². The smallest absolute Gasteiger partial charge is 0.239 e. The summed E-state index contributed by atoms with van der Waals surface area (Å²) in [5.74, 6) is 0.799. The molecule has 1 heterocycles. The van der Waals surface area contributed by atoms with Crippen LogP contribution in [0.15, 0.2) is 0 Å². The van der Waals surface area contributed by atoms with E-state index in [1.807, 2.05) is 0 Å². The fourth-order valence-electron chi connectivity index (χ4n) is 2.49. The Bertz CT molecular complexity index is 221. The molecule has 1 aliphatic carbocycles. The molecule has 2 rings (SSSR count). The van der Waals surface area contributed by atoms with Crippen LogP contribution in [0.3, 0.4) is 0 Å². The fraction of sp³-hybridized carbons (Fsp3) is 0.917. The van der Waals surface area contributed by atoms with Gasteiger partial charge >= 0.3 is 0 Å². The van der Waals surface area contributed by atoms with Gasteiger partial charge in [0.15, 0.2) is 0 Å². The number of rotatable bonds is 3. The summed E-state index contributed by atoms with van der Waals surface area (Å²) in [6.45, 7) is 2.85. The normalized spacial score (nSPS) is 27.6. The lowest BCUT2D eigenvalue weighted by Crippen LogP contribution is -2.51. The van der Waals surface area contributed by atoms with Gasteiger partial charge in [0.25, 0.3) is 0 Å². The molecule has 2 aliphatic rings. The van der Waals surface area contributed by atoms with E-state index < -0.39 is 0 Å². The van der Waals surface area contributed by atoms with Crippen molar-refractivity contribution in [3.8, 4) is 0 Å². The van der Waals surface area contributed by atoms with E-state index in [1.165, 1.54) is 32.1 Å². The number of hydrogen-bond acceptors (Lipinski definition) is 3. The van der Waals surface area contributed by atoms with Crippen molar-refractivity contribution in [2.45, 2.75) is 38.1 Å². The van der Waals surface area contributed by atoms with Gasteiger partial charge in [-0.2, -0.15) is 0 Å². The maximum atomic E-state index is 11.8. The van der Waals surface area contributed by atoms with Crippen molar-refractivity contribution in [1.29, 1.82) is 0 Å². The molecule has 1 unspecified atom stereocenters. The molecule has 0 spiro atoms. The van der Waals surface area contributed by atoms with Crippen molar-refractivity contribution in [1.82, 2.24) is 10.6 Å². The second-order valence-corrected chi connectivity index (χ2v) is 4.83. The van der Waals surface area contributed by atoms with Gasteiger partial charge in [-0.05, 0) is 18.8 Å². The van der Waals surface area contributed by atoms with E-state index in [4.69, 9.17) is 4.74 Å². The average molecular weight is 226 g/mol. The fourth-order valence-corrected chi connectivity index (χ4v) is 2.49. The molecule has 0 aromatic carbocycles. The maximum Gasteiger partial charge on any atom is 0.239 e. The zero-order valence-corrected chi connectivity index (χ0v) is 9.84. The summed E-state index contributed by atoms with van der Waals surface area (Å²) in [4.78, 5) is 11.8. The Morgan fingerprint density at radius 2 is 2.12 bits per heavy atom. The Balaban J connectivity index is 1.65. The highest BCUT2D eigenvalue weighted by Gasteiger charge is 2.22. The molecule has 1 saturated heterocycles. The molecule has 2 fully saturated rings. The highest BCUT2D eigenvalue weighted by Crippen LogP contribution is 2.22. The predicted molar refractivity (Wildman–Crippen MR) is 62.2 cm³/mol. The van der Waals surface area contributed by atoms with Crippen LogP contribution in [0.5, 0.6) is 0 Å². The van der Waals surface area contributed by atoms with Gasteiger partial charge in [0, 0.05) is 13.1 Å². The predicted octanol–water partition coefficient (Wildman–Crippen LogP) is 0.671. The summed E-state index contributed by atoms with van der Waals surface area (Å²) in [7, 11) is 0. The van der Waals surface area contributed by atoms with Crippen LogP contribution in [0.4, 0.5) is 0 Å². The van der Waals surface area contributed by atoms with E-state index in [2.05, 4.69) is 10.6 Å². The molecule has 0 radical (unpaired) electrons. The zero-order chi connectivity index (χ0) is 11.2. The number of carbonyl (C=O) groups excluding carboxylic acids is 1. The molecule has 0 bridgehead atoms. The van der Waals surface area contributed by atoms with Gasteiger partial charge in [-0.15, -0.1) is 0 Å². The third-order valence-electron chi connectivity index (χ3n) is 3.53. The van der Waals surface area contributed by atoms with Gasteiger partial charge in [-0.25, -0.2) is 0 Å². The third-order valence-corrected chi connectivity index (χ3v) is 3.53. The van der Waals surface area contributed by atoms with Crippen LogP contribution in [0, 0.1) is 5.92 Å². The lowest BCUT2D eigenvalue weighted by Gasteiger charge is -2.25. The summed E-state index contributed by atoms with van der Waals surface area (Å²) in [5.41, 5.74) is 0. The first-order valence-electron chi connectivity index (χ1n) is 6.45. The van der Waals surface area contributed by atoms with Crippen LogP contribution in [0.2, 0.25) is 0 Å². The van der Waals surface area contributed by atoms with E-state index in [0.29, 0.717) is 19.1 Å². The van der Waals surface area contributed by atoms with Crippen molar-refractivity contribution >= 4 is 5.91 Å². The summed E-state index contributed by atoms with van der Waals surface area (Å²) in [5, 5.41) is 6.21. The van der Waals surface area contributed by atoms with E-state index >= 15 is 0 Å². The number of ether oxygens (including phenoxy) is 1. The quantitative estimate of drug-likeness (QED) is 0.743. The van der Waals surface area contributed by atoms with E-state index in [0.717, 1.165) is 13.1 Å². The van der Waals surface area contributed by atoms with Crippen LogP contribution in [0.1, 0.15) is 32.1 Å². The number of nitrogens with one attached hydrogen (secondary N) is 2. The summed E-state index contributed by atoms with van der Waals surface area (Å²) >= 11 is 0. The zero-order valence-electron chi connectivity index (χ0n) is 9.84. The number of carbonyl (C=O) groups is 1. The van der Waals surface area contributed by atoms with Gasteiger partial charge in [-0.3, -0.25) is 4.79 Å². The van der Waals surface area contributed by atoms with Gasteiger partial charge in [0.1, 0.15) is 6.04 Å². The van der Waals surface area contributed by atoms with Crippen LogP contribution in [0.25, 0.3) is 0 Å². The Morgan fingerprint density at radius 1 is 1.31 bits per heavy atom. The van der Waals surface area contributed by atoms with Crippen molar-refractivity contribution in [2.75, 3.05) is 26.3 Å². The summed E-state index contributed by atoms with van der Waals surface area (Å²) in [6.07, 6.45) is 6.56. The molecule has 16 heavy (non-hydrogen) atoms. The minimum Gasteiger partial charge on any atom is -0.378 e. The maximum absolute atomic E-state index is 11.8. The summed E-state index contributed by atoms with van der Waals surface area (Å²) in [6, 6.07) is -0.141. The lowest BCUT2D eigenvalue weighted by molar-refractivity contribution is -0.126. The van der Waals surface area contributed by atoms with Crippen molar-refractivity contribution in [3.05, 3.63) is 0 Å². The molecular weight excluding hydrogens is 204 g/mol. The minimum absolute atomic E-state index is 0.102. The van der Waals surface area contributed by atoms with E-state index in [-0.39, 0.29) is 11.9 Å². The molecule has 0 aromatic heterocycles. The van der Waals surface area contributed by atoms with E-state index in [9.17, 15) is 4.79 Å². The molecule has 1 saturated carbocycles. The average Bonchev–Trinajstić information content (AvgIpc) is 2.38. The Labute approximate surface area is 97.1 Å². The number of morpholine rings is 1. The SMILES string of the molecule is O=C(NCC1CCCCC1)C1COCCN1. The second-order valence-electron chi connectivity index (χ2n) is 4.83. The molecule has 0 aromatic rings. The first-order valence-corrected chi connectivity index (χ1v) is 6.45. The van der Waals surface area contributed by atoms with Crippen molar-refractivity contribution in [3.63, 3.8) is 0 Å². The van der Waals surface area contributed by atoms with Gasteiger partial charge in [-0.1, -0.05) is 19.3 Å². The highest BCUT2D eigenvalue weighted by atomic mass is 16.5. The minimum atomic E-state index is -0.141. The molecular formula is C12H22N2O2. The lowest BCUT2D eigenvalue weighted by atomic mass is 9.89. The molecule has 1 aliphatic heterocycles. The van der Waals surface area contributed by atoms with Crippen LogP contribution in [-0.2, 0) is 9.53 Å². The Kier molecular flexibility index (Phi) is 4.60. The first kappa shape index (κ1) is 11.9. The molecule has 92 valence electrons. The van der Waals surface area contributed by atoms with Crippen LogP contribution in [-0.4, -0.2) is 38.3 Å². The summed E-state index contributed by atoms with van der Waals surface area (Å²) < 4.78 is 5.27. The standard InChI is InChI=1S/C12H22N2O2/c15-12(11-9-16-7-6-13-11)14-8-10-4-2-1-3-5-10/h10-11,13H,1-9H2,(H,14,15). The Hall–Kier alpha value is -0.610. The topological polar surface area (TPSA) is 50.4 Å². The first-order chi connectivity index (χ1) is 7.86. The van der Waals surface area contributed by atoms with Gasteiger partial charge in [0.05, 0.1) is 13.2 Å². The highest BCUT2D eigenvalue weighted by molar-refractivity contribution is 5.81. The monoisotopic (exact) mass is 226 g/mol. The van der Waals surface area contributed by atoms with Crippen molar-refractivity contribution in [2.24, 2.45) is 5.92 Å². The molecule has 1 atom stereocenters. The number of amides is 1. The van der Waals surface area contributed by atoms with Crippen molar-refractivity contribution < 1.29 is 9.53 Å². The number of hydrogen-bond donors (Lipinski definition) is 2. The molecule has 1 amide bonds. The van der Waals surface area contributed by atoms with Crippen LogP contribution < -0.4 is 10.6 Å². The van der Waals surface area contributed by atoms with Gasteiger partial charge < -0.3 is 15.4 Å². The second kappa shape index (κ2) is 6.21. The molecule has 4 heteroatoms. The van der Waals surface area contributed by atoms with Gasteiger partial charge in [0.2, 0.25) is 5.91 Å². The third kappa shape index (κ3) is 3.46. The van der Waals surface area contributed by atoms with Crippen LogP contribution >= 0.6 is 0 Å².